The number of carbonyl (C=O) groups is 1. The molecule has 1 aliphatic rings. The third-order valence-corrected chi connectivity index (χ3v) is 3.99. The molecule has 2 heterocycles. The molecule has 0 aliphatic heterocycles. The summed E-state index contributed by atoms with van der Waals surface area (Å²) < 4.78 is 11.0. The van der Waals surface area contributed by atoms with Crippen LogP contribution in [0.1, 0.15) is 47.6 Å². The van der Waals surface area contributed by atoms with Gasteiger partial charge < -0.3 is 14.5 Å². The van der Waals surface area contributed by atoms with Crippen molar-refractivity contribution >= 4 is 5.91 Å². The molecule has 0 unspecified atom stereocenters. The Morgan fingerprint density at radius 3 is 2.52 bits per heavy atom. The molecule has 1 amide bonds. The van der Waals surface area contributed by atoms with Gasteiger partial charge in [0.2, 0.25) is 0 Å². The smallest absolute Gasteiger partial charge is 0.317 e. The van der Waals surface area contributed by atoms with E-state index in [9.17, 15) is 4.79 Å². The van der Waals surface area contributed by atoms with E-state index in [0.29, 0.717) is 11.8 Å². The number of furan rings is 1. The number of nitrogens with zero attached hydrogens (tertiary/aromatic N) is 2. The van der Waals surface area contributed by atoms with Gasteiger partial charge in [0.15, 0.2) is 5.76 Å². The number of hydrogen-bond acceptors (Lipinski definition) is 5. The quantitative estimate of drug-likeness (QED) is 0.938. The highest BCUT2D eigenvalue weighted by Gasteiger charge is 2.25. The van der Waals surface area contributed by atoms with Gasteiger partial charge in [0.1, 0.15) is 6.10 Å². The molecule has 0 bridgehead atoms. The summed E-state index contributed by atoms with van der Waals surface area (Å²) in [5, 5.41) is 3.00. The number of hydrogen-bond donors (Lipinski definition) is 1. The molecular formula is C17H21N3O3. The number of ether oxygens (including phenoxy) is 1. The third kappa shape index (κ3) is 4.09. The molecule has 0 saturated heterocycles. The first-order chi connectivity index (χ1) is 11.1. The van der Waals surface area contributed by atoms with Crippen LogP contribution in [-0.2, 0) is 0 Å². The lowest BCUT2D eigenvalue weighted by Crippen LogP contribution is -2.39. The van der Waals surface area contributed by atoms with E-state index in [1.54, 1.807) is 12.1 Å². The number of aromatic nitrogens is 2. The van der Waals surface area contributed by atoms with Crippen molar-refractivity contribution in [2.24, 2.45) is 0 Å². The van der Waals surface area contributed by atoms with Crippen LogP contribution in [0.15, 0.2) is 28.9 Å². The van der Waals surface area contributed by atoms with Gasteiger partial charge in [-0.25, -0.2) is 9.97 Å². The van der Waals surface area contributed by atoms with Crippen LogP contribution < -0.4 is 10.1 Å². The maximum Gasteiger partial charge on any atom is 0.317 e. The summed E-state index contributed by atoms with van der Waals surface area (Å²) in [6.07, 6.45) is 5.11. The fraction of sp³-hybridized carbons (Fsp3) is 0.471. The van der Waals surface area contributed by atoms with Crippen LogP contribution in [-0.4, -0.2) is 28.0 Å². The minimum absolute atomic E-state index is 0.105. The van der Waals surface area contributed by atoms with Crippen LogP contribution in [0.3, 0.4) is 0 Å². The molecule has 1 saturated carbocycles. The topological polar surface area (TPSA) is 77.2 Å². The maximum atomic E-state index is 12.0. The Bertz CT molecular complexity index is 641. The first-order valence-corrected chi connectivity index (χ1v) is 7.93. The predicted molar refractivity (Wildman–Crippen MR) is 84.4 cm³/mol. The summed E-state index contributed by atoms with van der Waals surface area (Å²) in [5.41, 5.74) is 1.82. The van der Waals surface area contributed by atoms with Crippen molar-refractivity contribution in [2.75, 3.05) is 0 Å². The molecule has 1 aliphatic carbocycles. The molecule has 122 valence electrons. The molecule has 0 spiro atoms. The zero-order chi connectivity index (χ0) is 16.2. The van der Waals surface area contributed by atoms with E-state index in [1.807, 2.05) is 19.9 Å². The summed E-state index contributed by atoms with van der Waals surface area (Å²) in [7, 11) is 0. The third-order valence-electron chi connectivity index (χ3n) is 3.99. The number of nitrogens with one attached hydrogen (secondary N) is 1. The second-order valence-electron chi connectivity index (χ2n) is 5.98. The fourth-order valence-electron chi connectivity index (χ4n) is 2.88. The fourth-order valence-corrected chi connectivity index (χ4v) is 2.88. The standard InChI is InChI=1S/C17H21N3O3/c1-11-10-12(2)19-17(18-11)23-14-7-5-13(6-8-14)20-16(21)15-4-3-9-22-15/h3-4,9-10,13-14H,5-8H2,1-2H3,(H,20,21). The largest absolute Gasteiger partial charge is 0.460 e. The van der Waals surface area contributed by atoms with Gasteiger partial charge >= 0.3 is 6.01 Å². The normalized spacial score (nSPS) is 21.0. The van der Waals surface area contributed by atoms with Crippen LogP contribution in [0.5, 0.6) is 6.01 Å². The SMILES string of the molecule is Cc1cc(C)nc(OC2CCC(NC(=O)c3ccco3)CC2)n1. The van der Waals surface area contributed by atoms with E-state index in [2.05, 4.69) is 15.3 Å². The lowest BCUT2D eigenvalue weighted by Gasteiger charge is -2.28. The molecule has 23 heavy (non-hydrogen) atoms. The highest BCUT2D eigenvalue weighted by atomic mass is 16.5. The predicted octanol–water partition coefficient (Wildman–Crippen LogP) is 2.81. The minimum Gasteiger partial charge on any atom is -0.460 e. The molecule has 1 fully saturated rings. The van der Waals surface area contributed by atoms with Crippen molar-refractivity contribution in [3.8, 4) is 6.01 Å². The van der Waals surface area contributed by atoms with E-state index < -0.39 is 0 Å². The molecule has 3 rings (SSSR count). The lowest BCUT2D eigenvalue weighted by molar-refractivity contribution is 0.0858. The van der Waals surface area contributed by atoms with E-state index in [1.165, 1.54) is 6.26 Å². The number of amides is 1. The van der Waals surface area contributed by atoms with Crippen molar-refractivity contribution in [1.82, 2.24) is 15.3 Å². The van der Waals surface area contributed by atoms with Gasteiger partial charge in [-0.2, -0.15) is 0 Å². The lowest BCUT2D eigenvalue weighted by atomic mass is 9.93. The minimum atomic E-state index is -0.156. The second kappa shape index (κ2) is 6.81. The Labute approximate surface area is 135 Å². The summed E-state index contributed by atoms with van der Waals surface area (Å²) in [6.45, 7) is 3.87. The second-order valence-corrected chi connectivity index (χ2v) is 5.98. The number of rotatable bonds is 4. The van der Waals surface area contributed by atoms with Crippen molar-refractivity contribution in [3.63, 3.8) is 0 Å². The zero-order valence-electron chi connectivity index (χ0n) is 13.4. The molecular weight excluding hydrogens is 294 g/mol. The molecule has 0 radical (unpaired) electrons. The van der Waals surface area contributed by atoms with Crippen molar-refractivity contribution in [3.05, 3.63) is 41.6 Å². The van der Waals surface area contributed by atoms with Crippen LogP contribution in [0.25, 0.3) is 0 Å². The Hall–Kier alpha value is -2.37. The van der Waals surface area contributed by atoms with E-state index in [0.717, 1.165) is 37.1 Å². The molecule has 1 N–H and O–H groups in total. The molecule has 0 aromatic carbocycles. The average molecular weight is 315 g/mol. The van der Waals surface area contributed by atoms with Crippen LogP contribution in [0.4, 0.5) is 0 Å². The van der Waals surface area contributed by atoms with Gasteiger partial charge in [0, 0.05) is 17.4 Å². The molecule has 6 nitrogen and oxygen atoms in total. The average Bonchev–Trinajstić information content (AvgIpc) is 3.02. The zero-order valence-corrected chi connectivity index (χ0v) is 13.4. The van der Waals surface area contributed by atoms with Gasteiger partial charge in [-0.05, 0) is 57.7 Å². The van der Waals surface area contributed by atoms with Crippen molar-refractivity contribution in [1.29, 1.82) is 0 Å². The van der Waals surface area contributed by atoms with E-state index in [4.69, 9.17) is 9.15 Å². The van der Waals surface area contributed by atoms with Crippen molar-refractivity contribution in [2.45, 2.75) is 51.7 Å². The van der Waals surface area contributed by atoms with Gasteiger partial charge in [-0.15, -0.1) is 0 Å². The molecule has 2 aromatic rings. The van der Waals surface area contributed by atoms with Gasteiger partial charge in [-0.3, -0.25) is 4.79 Å². The maximum absolute atomic E-state index is 12.0. The van der Waals surface area contributed by atoms with Gasteiger partial charge in [0.05, 0.1) is 6.26 Å². The molecule has 2 aromatic heterocycles. The summed E-state index contributed by atoms with van der Waals surface area (Å²) in [6, 6.07) is 5.91. The molecule has 0 atom stereocenters. The molecule has 6 heteroatoms. The van der Waals surface area contributed by atoms with Gasteiger partial charge in [-0.1, -0.05) is 0 Å². The first-order valence-electron chi connectivity index (χ1n) is 7.93. The highest BCUT2D eigenvalue weighted by Crippen LogP contribution is 2.23. The van der Waals surface area contributed by atoms with Crippen LogP contribution >= 0.6 is 0 Å². The number of carbonyl (C=O) groups excluding carboxylic acids is 1. The van der Waals surface area contributed by atoms with Crippen LogP contribution in [0.2, 0.25) is 0 Å². The summed E-state index contributed by atoms with van der Waals surface area (Å²) in [5.74, 6) is 0.198. The van der Waals surface area contributed by atoms with E-state index >= 15 is 0 Å². The van der Waals surface area contributed by atoms with Crippen LogP contribution in [0, 0.1) is 13.8 Å². The Kier molecular flexibility index (Phi) is 4.60. The highest BCUT2D eigenvalue weighted by molar-refractivity contribution is 5.91. The summed E-state index contributed by atoms with van der Waals surface area (Å²) >= 11 is 0. The Balaban J connectivity index is 1.49. The van der Waals surface area contributed by atoms with E-state index in [-0.39, 0.29) is 18.1 Å². The summed E-state index contributed by atoms with van der Waals surface area (Å²) in [4.78, 5) is 20.6. The Morgan fingerprint density at radius 2 is 1.91 bits per heavy atom. The monoisotopic (exact) mass is 315 g/mol. The van der Waals surface area contributed by atoms with Crippen molar-refractivity contribution < 1.29 is 13.9 Å². The first kappa shape index (κ1) is 15.5. The van der Waals surface area contributed by atoms with Gasteiger partial charge in [0.25, 0.3) is 5.91 Å². The Morgan fingerprint density at radius 1 is 1.22 bits per heavy atom. The number of aryl methyl sites for hydroxylation is 2.